The summed E-state index contributed by atoms with van der Waals surface area (Å²) in [6.07, 6.45) is 0. The molecule has 3 nitrogen and oxygen atoms in total. The van der Waals surface area contributed by atoms with Gasteiger partial charge in [-0.05, 0) is 59.4 Å². The van der Waals surface area contributed by atoms with Crippen molar-refractivity contribution in [2.24, 2.45) is 0 Å². The van der Waals surface area contributed by atoms with Crippen molar-refractivity contribution in [2.75, 3.05) is 20.4 Å². The van der Waals surface area contributed by atoms with E-state index in [0.29, 0.717) is 8.58 Å². The molecular formula is C23H34NO2P. The zero-order valence-electron chi connectivity index (χ0n) is 17.8. The number of methoxy groups -OCH3 is 1. The Bertz CT molecular complexity index is 766. The van der Waals surface area contributed by atoms with Gasteiger partial charge in [0.25, 0.3) is 0 Å². The van der Waals surface area contributed by atoms with E-state index in [1.165, 1.54) is 32.9 Å². The van der Waals surface area contributed by atoms with Gasteiger partial charge in [-0.25, -0.2) is 0 Å². The van der Waals surface area contributed by atoms with Crippen molar-refractivity contribution in [3.05, 3.63) is 52.6 Å². The third-order valence-electron chi connectivity index (χ3n) is 4.65. The van der Waals surface area contributed by atoms with Gasteiger partial charge < -0.3 is 14.8 Å². The highest BCUT2D eigenvalue weighted by atomic mass is 31.1. The Balaban J connectivity index is 2.52. The fourth-order valence-electron chi connectivity index (χ4n) is 3.06. The molecule has 0 fully saturated rings. The molecule has 0 radical (unpaired) electrons. The summed E-state index contributed by atoms with van der Waals surface area (Å²) >= 11 is 0. The van der Waals surface area contributed by atoms with Crippen molar-refractivity contribution in [3.8, 4) is 5.75 Å². The quantitative estimate of drug-likeness (QED) is 0.540. The molecule has 2 rings (SSSR count). The van der Waals surface area contributed by atoms with Gasteiger partial charge in [-0.15, -0.1) is 0 Å². The lowest BCUT2D eigenvalue weighted by Gasteiger charge is -2.24. The Labute approximate surface area is 166 Å². The van der Waals surface area contributed by atoms with Crippen molar-refractivity contribution in [3.63, 3.8) is 0 Å². The fraction of sp³-hybridized carbons (Fsp3) is 0.478. The maximum atomic E-state index is 5.99. The van der Waals surface area contributed by atoms with Gasteiger partial charge in [-0.3, -0.25) is 0 Å². The van der Waals surface area contributed by atoms with E-state index in [-0.39, 0.29) is 12.2 Å². The molecule has 0 aliphatic rings. The second kappa shape index (κ2) is 9.68. The molecular weight excluding hydrogens is 353 g/mol. The zero-order valence-corrected chi connectivity index (χ0v) is 18.8. The normalized spacial score (nSPS) is 12.1. The summed E-state index contributed by atoms with van der Waals surface area (Å²) in [5, 5.41) is 6.13. The van der Waals surface area contributed by atoms with Crippen molar-refractivity contribution >= 4 is 19.2 Å². The summed E-state index contributed by atoms with van der Waals surface area (Å²) in [5.41, 5.74) is 5.31. The summed E-state index contributed by atoms with van der Waals surface area (Å²) < 4.78 is 11.2. The molecule has 0 aliphatic carbocycles. The largest absolute Gasteiger partial charge is 0.467 e. The van der Waals surface area contributed by atoms with Crippen LogP contribution in [0.5, 0.6) is 5.75 Å². The first-order valence-corrected chi connectivity index (χ1v) is 10.6. The van der Waals surface area contributed by atoms with E-state index in [1.807, 2.05) is 0 Å². The molecule has 0 aromatic heterocycles. The minimum Gasteiger partial charge on any atom is -0.467 e. The van der Waals surface area contributed by atoms with Crippen molar-refractivity contribution in [2.45, 2.75) is 53.5 Å². The van der Waals surface area contributed by atoms with Crippen LogP contribution in [0.4, 0.5) is 0 Å². The molecule has 0 heterocycles. The maximum Gasteiger partial charge on any atom is 0.188 e. The molecule has 0 bridgehead atoms. The molecule has 4 heteroatoms. The van der Waals surface area contributed by atoms with Crippen LogP contribution >= 0.6 is 8.58 Å². The predicted octanol–water partition coefficient (Wildman–Crippen LogP) is 4.32. The molecule has 148 valence electrons. The Morgan fingerprint density at radius 2 is 1.81 bits per heavy atom. The monoisotopic (exact) mass is 387 g/mol. The van der Waals surface area contributed by atoms with Crippen molar-refractivity contribution < 1.29 is 9.47 Å². The van der Waals surface area contributed by atoms with Crippen LogP contribution in [0.2, 0.25) is 0 Å². The van der Waals surface area contributed by atoms with Gasteiger partial charge in [0.05, 0.1) is 0 Å². The van der Waals surface area contributed by atoms with E-state index in [1.54, 1.807) is 7.11 Å². The van der Waals surface area contributed by atoms with E-state index in [4.69, 9.17) is 9.47 Å². The first-order valence-electron chi connectivity index (χ1n) is 9.61. The van der Waals surface area contributed by atoms with E-state index in [2.05, 4.69) is 77.2 Å². The average Bonchev–Trinajstić information content (AvgIpc) is 2.60. The zero-order chi connectivity index (χ0) is 20.0. The van der Waals surface area contributed by atoms with Crippen molar-refractivity contribution in [1.29, 1.82) is 0 Å². The lowest BCUT2D eigenvalue weighted by molar-refractivity contribution is 0.0514. The summed E-state index contributed by atoms with van der Waals surface area (Å²) in [4.78, 5) is 0. The standard InChI is InChI=1S/C23H34NO2P/c1-8-24-14-18-11-9-10-16(2)22(18)27-20-13-19(23(4,5)6)12-17(3)21(20)26-15-25-7/h9-13,24,27H,8,14-15H2,1-7H3. The van der Waals surface area contributed by atoms with Crippen molar-refractivity contribution in [1.82, 2.24) is 5.32 Å². The van der Waals surface area contributed by atoms with E-state index < -0.39 is 0 Å². The Morgan fingerprint density at radius 1 is 1.07 bits per heavy atom. The smallest absolute Gasteiger partial charge is 0.188 e. The molecule has 27 heavy (non-hydrogen) atoms. The van der Waals surface area contributed by atoms with Crippen LogP contribution in [-0.4, -0.2) is 20.4 Å². The molecule has 0 saturated carbocycles. The molecule has 1 unspecified atom stereocenters. The topological polar surface area (TPSA) is 30.5 Å². The third-order valence-corrected chi connectivity index (χ3v) is 6.25. The molecule has 2 aromatic rings. The van der Waals surface area contributed by atoms with Gasteiger partial charge in [0.15, 0.2) is 6.79 Å². The van der Waals surface area contributed by atoms with Crippen LogP contribution in [0.1, 0.15) is 49.9 Å². The van der Waals surface area contributed by atoms with Gasteiger partial charge in [0.1, 0.15) is 5.75 Å². The van der Waals surface area contributed by atoms with E-state index in [9.17, 15) is 0 Å². The van der Waals surface area contributed by atoms with Crippen LogP contribution in [-0.2, 0) is 16.7 Å². The summed E-state index contributed by atoms with van der Waals surface area (Å²) in [5.74, 6) is 0.959. The first-order chi connectivity index (χ1) is 12.8. The van der Waals surface area contributed by atoms with Gasteiger partial charge in [0, 0.05) is 19.0 Å². The highest BCUT2D eigenvalue weighted by Gasteiger charge is 2.19. The highest BCUT2D eigenvalue weighted by Crippen LogP contribution is 2.31. The Morgan fingerprint density at radius 3 is 2.44 bits per heavy atom. The maximum absolute atomic E-state index is 5.99. The SMILES string of the molecule is CCNCc1cccc(C)c1Pc1cc(C(C)(C)C)cc(C)c1OCOC. The van der Waals surface area contributed by atoms with Gasteiger partial charge in [0.2, 0.25) is 0 Å². The van der Waals surface area contributed by atoms with Crippen LogP contribution in [0.25, 0.3) is 0 Å². The lowest BCUT2D eigenvalue weighted by atomic mass is 9.86. The number of benzene rings is 2. The van der Waals surface area contributed by atoms with E-state index in [0.717, 1.165) is 18.8 Å². The third kappa shape index (κ3) is 5.78. The minimum absolute atomic E-state index is 0.0993. The number of rotatable bonds is 8. The molecule has 0 aliphatic heterocycles. The Kier molecular flexibility index (Phi) is 7.85. The van der Waals surface area contributed by atoms with Gasteiger partial charge in [-0.2, -0.15) is 0 Å². The minimum atomic E-state index is 0.0993. The number of nitrogens with one attached hydrogen (secondary N) is 1. The number of hydrogen-bond acceptors (Lipinski definition) is 3. The number of hydrogen-bond donors (Lipinski definition) is 1. The van der Waals surface area contributed by atoms with Crippen LogP contribution in [0, 0.1) is 13.8 Å². The molecule has 0 spiro atoms. The second-order valence-electron chi connectivity index (χ2n) is 7.99. The predicted molar refractivity (Wildman–Crippen MR) is 119 cm³/mol. The fourth-order valence-corrected chi connectivity index (χ4v) is 4.55. The van der Waals surface area contributed by atoms with Crippen LogP contribution in [0.3, 0.4) is 0 Å². The highest BCUT2D eigenvalue weighted by molar-refractivity contribution is 7.56. The molecule has 0 amide bonds. The Hall–Kier alpha value is -1.41. The lowest BCUT2D eigenvalue weighted by Crippen LogP contribution is -2.22. The van der Waals surface area contributed by atoms with E-state index >= 15 is 0 Å². The molecule has 1 atom stereocenters. The number of ether oxygens (including phenoxy) is 2. The summed E-state index contributed by atoms with van der Waals surface area (Å²) in [6.45, 7) is 15.4. The first kappa shape index (κ1) is 21.9. The van der Waals surface area contributed by atoms with Crippen LogP contribution < -0.4 is 20.7 Å². The summed E-state index contributed by atoms with van der Waals surface area (Å²) in [7, 11) is 2.21. The second-order valence-corrected chi connectivity index (χ2v) is 9.27. The molecule has 2 aromatic carbocycles. The number of aryl methyl sites for hydroxylation is 2. The van der Waals surface area contributed by atoms with Crippen LogP contribution in [0.15, 0.2) is 30.3 Å². The van der Waals surface area contributed by atoms with Gasteiger partial charge in [-0.1, -0.05) is 60.5 Å². The average molecular weight is 388 g/mol. The molecule has 1 N–H and O–H groups in total. The van der Waals surface area contributed by atoms with Gasteiger partial charge >= 0.3 is 0 Å². The molecule has 0 saturated heterocycles. The summed E-state index contributed by atoms with van der Waals surface area (Å²) in [6, 6.07) is 11.1.